The molecule has 1 aliphatic rings. The molecule has 0 unspecified atom stereocenters. The molecular weight excluding hydrogens is 348 g/mol. The SMILES string of the molecule is Cc1ccc(NCC(C)C)c2c1C(=O)c1c(NCC(C)C)ccc(C)c1C2=O. The third-order valence-electron chi connectivity index (χ3n) is 5.14. The van der Waals surface area contributed by atoms with E-state index >= 15 is 0 Å². The summed E-state index contributed by atoms with van der Waals surface area (Å²) in [4.78, 5) is 27.1. The highest BCUT2D eigenvalue weighted by atomic mass is 16.1. The number of ketones is 2. The monoisotopic (exact) mass is 378 g/mol. The van der Waals surface area contributed by atoms with E-state index in [1.807, 2.05) is 38.1 Å². The van der Waals surface area contributed by atoms with E-state index in [1.54, 1.807) is 0 Å². The maximum atomic E-state index is 13.6. The first-order valence-corrected chi connectivity index (χ1v) is 10.1. The van der Waals surface area contributed by atoms with Crippen LogP contribution in [0.4, 0.5) is 11.4 Å². The van der Waals surface area contributed by atoms with Gasteiger partial charge < -0.3 is 10.6 Å². The lowest BCUT2D eigenvalue weighted by atomic mass is 9.78. The molecule has 0 radical (unpaired) electrons. The summed E-state index contributed by atoms with van der Waals surface area (Å²) in [5.74, 6) is 0.745. The fourth-order valence-electron chi connectivity index (χ4n) is 3.64. The average Bonchev–Trinajstić information content (AvgIpc) is 2.63. The van der Waals surface area contributed by atoms with Crippen molar-refractivity contribution in [3.8, 4) is 0 Å². The summed E-state index contributed by atoms with van der Waals surface area (Å²) in [6.07, 6.45) is 0. The normalized spacial score (nSPS) is 13.0. The predicted molar refractivity (Wildman–Crippen MR) is 116 cm³/mol. The quantitative estimate of drug-likeness (QED) is 0.618. The first-order chi connectivity index (χ1) is 13.2. The van der Waals surface area contributed by atoms with Gasteiger partial charge in [0.05, 0.1) is 11.1 Å². The summed E-state index contributed by atoms with van der Waals surface area (Å²) in [5, 5.41) is 6.73. The first kappa shape index (κ1) is 20.1. The number of anilines is 2. The molecule has 0 saturated heterocycles. The van der Waals surface area contributed by atoms with Gasteiger partial charge in [-0.25, -0.2) is 0 Å². The van der Waals surface area contributed by atoms with Gasteiger partial charge in [-0.1, -0.05) is 39.8 Å². The van der Waals surface area contributed by atoms with E-state index in [0.717, 1.165) is 35.6 Å². The third-order valence-corrected chi connectivity index (χ3v) is 5.14. The minimum absolute atomic E-state index is 0.0646. The molecule has 1 aliphatic carbocycles. The minimum Gasteiger partial charge on any atom is -0.384 e. The lowest BCUT2D eigenvalue weighted by Crippen LogP contribution is -2.27. The summed E-state index contributed by atoms with van der Waals surface area (Å²) < 4.78 is 0. The molecule has 28 heavy (non-hydrogen) atoms. The zero-order valence-corrected chi connectivity index (χ0v) is 17.7. The van der Waals surface area contributed by atoms with E-state index in [0.29, 0.717) is 34.1 Å². The Morgan fingerprint density at radius 3 is 1.32 bits per heavy atom. The number of carbonyl (C=O) groups excluding carboxylic acids is 2. The van der Waals surface area contributed by atoms with Gasteiger partial charge >= 0.3 is 0 Å². The second kappa shape index (κ2) is 7.78. The molecule has 0 aliphatic heterocycles. The van der Waals surface area contributed by atoms with Crippen molar-refractivity contribution in [1.82, 2.24) is 0 Å². The second-order valence-electron chi connectivity index (χ2n) is 8.57. The van der Waals surface area contributed by atoms with Crippen LogP contribution >= 0.6 is 0 Å². The Hall–Kier alpha value is -2.62. The number of rotatable bonds is 6. The lowest BCUT2D eigenvalue weighted by molar-refractivity contribution is 0.0979. The number of aryl methyl sites for hydroxylation is 2. The molecule has 4 nitrogen and oxygen atoms in total. The highest BCUT2D eigenvalue weighted by Crippen LogP contribution is 2.38. The molecule has 2 N–H and O–H groups in total. The Morgan fingerprint density at radius 2 is 1.00 bits per heavy atom. The molecule has 0 fully saturated rings. The fraction of sp³-hybridized carbons (Fsp3) is 0.417. The zero-order chi connectivity index (χ0) is 20.6. The van der Waals surface area contributed by atoms with Crippen molar-refractivity contribution in [3.05, 3.63) is 57.6 Å². The first-order valence-electron chi connectivity index (χ1n) is 10.1. The van der Waals surface area contributed by atoms with E-state index in [-0.39, 0.29) is 11.6 Å². The Morgan fingerprint density at radius 1 is 0.643 bits per heavy atom. The van der Waals surface area contributed by atoms with Gasteiger partial charge in [-0.15, -0.1) is 0 Å². The number of nitrogens with one attached hydrogen (secondary N) is 2. The van der Waals surface area contributed by atoms with Gasteiger partial charge in [0.15, 0.2) is 11.6 Å². The van der Waals surface area contributed by atoms with Crippen LogP contribution in [0.3, 0.4) is 0 Å². The molecule has 148 valence electrons. The second-order valence-corrected chi connectivity index (χ2v) is 8.57. The van der Waals surface area contributed by atoms with Crippen molar-refractivity contribution in [2.24, 2.45) is 11.8 Å². The van der Waals surface area contributed by atoms with Gasteiger partial charge in [0.1, 0.15) is 0 Å². The largest absolute Gasteiger partial charge is 0.384 e. The smallest absolute Gasteiger partial charge is 0.196 e. The van der Waals surface area contributed by atoms with Crippen LogP contribution in [0, 0.1) is 25.7 Å². The Balaban J connectivity index is 2.17. The summed E-state index contributed by atoms with van der Waals surface area (Å²) in [5.41, 5.74) is 5.27. The molecule has 0 amide bonds. The van der Waals surface area contributed by atoms with Crippen LogP contribution in [0.5, 0.6) is 0 Å². The van der Waals surface area contributed by atoms with E-state index in [2.05, 4.69) is 38.3 Å². The minimum atomic E-state index is -0.0646. The number of fused-ring (bicyclic) bond motifs is 2. The van der Waals surface area contributed by atoms with Crippen molar-refractivity contribution in [3.63, 3.8) is 0 Å². The van der Waals surface area contributed by atoms with Gasteiger partial charge in [0.25, 0.3) is 0 Å². The Kier molecular flexibility index (Phi) is 5.59. The lowest BCUT2D eigenvalue weighted by Gasteiger charge is -2.26. The molecule has 0 bridgehead atoms. The molecule has 4 heteroatoms. The van der Waals surface area contributed by atoms with Crippen LogP contribution in [0.25, 0.3) is 0 Å². The predicted octanol–water partition coefficient (Wildman–Crippen LogP) is 5.21. The van der Waals surface area contributed by atoms with E-state index in [1.165, 1.54) is 0 Å². The van der Waals surface area contributed by atoms with E-state index in [4.69, 9.17) is 0 Å². The van der Waals surface area contributed by atoms with Crippen LogP contribution in [-0.4, -0.2) is 24.7 Å². The van der Waals surface area contributed by atoms with Crippen LogP contribution in [0.2, 0.25) is 0 Å². The standard InChI is InChI=1S/C24H30N2O2/c1-13(2)11-25-17-9-7-15(5)19-21(17)23(27)20-16(6)8-10-18(22(20)24(19)28)26-12-14(3)4/h7-10,13-14,25-26H,11-12H2,1-6H3. The van der Waals surface area contributed by atoms with Crippen molar-refractivity contribution >= 4 is 22.9 Å². The van der Waals surface area contributed by atoms with Crippen LogP contribution in [0.1, 0.15) is 70.7 Å². The van der Waals surface area contributed by atoms with Crippen molar-refractivity contribution < 1.29 is 9.59 Å². The zero-order valence-electron chi connectivity index (χ0n) is 17.7. The number of carbonyl (C=O) groups is 2. The summed E-state index contributed by atoms with van der Waals surface area (Å²) in [7, 11) is 0. The molecule has 3 rings (SSSR count). The topological polar surface area (TPSA) is 58.2 Å². The van der Waals surface area contributed by atoms with Crippen LogP contribution in [0.15, 0.2) is 24.3 Å². The fourth-order valence-corrected chi connectivity index (χ4v) is 3.64. The van der Waals surface area contributed by atoms with Gasteiger partial charge in [0, 0.05) is 35.6 Å². The maximum Gasteiger partial charge on any atom is 0.196 e. The van der Waals surface area contributed by atoms with Gasteiger partial charge in [-0.3, -0.25) is 9.59 Å². The maximum absolute atomic E-state index is 13.6. The van der Waals surface area contributed by atoms with Crippen LogP contribution in [-0.2, 0) is 0 Å². The Labute approximate surface area is 167 Å². The number of hydrogen-bond donors (Lipinski definition) is 2. The summed E-state index contributed by atoms with van der Waals surface area (Å²) in [6, 6.07) is 7.69. The molecule has 0 aromatic heterocycles. The number of hydrogen-bond acceptors (Lipinski definition) is 4. The van der Waals surface area contributed by atoms with Crippen LogP contribution < -0.4 is 10.6 Å². The van der Waals surface area contributed by atoms with Crippen molar-refractivity contribution in [2.45, 2.75) is 41.5 Å². The molecule has 2 aromatic rings. The molecular formula is C24H30N2O2. The van der Waals surface area contributed by atoms with E-state index in [9.17, 15) is 9.59 Å². The highest BCUT2D eigenvalue weighted by molar-refractivity contribution is 6.32. The Bertz CT molecular complexity index is 865. The molecule has 0 saturated carbocycles. The van der Waals surface area contributed by atoms with Crippen molar-refractivity contribution in [1.29, 1.82) is 0 Å². The average molecular weight is 379 g/mol. The molecule has 0 heterocycles. The number of benzene rings is 2. The molecule has 0 atom stereocenters. The highest BCUT2D eigenvalue weighted by Gasteiger charge is 2.36. The summed E-state index contributed by atoms with van der Waals surface area (Å²) in [6.45, 7) is 13.8. The van der Waals surface area contributed by atoms with Gasteiger partial charge in [-0.05, 0) is 48.9 Å². The summed E-state index contributed by atoms with van der Waals surface area (Å²) >= 11 is 0. The van der Waals surface area contributed by atoms with Gasteiger partial charge in [0.2, 0.25) is 0 Å². The van der Waals surface area contributed by atoms with E-state index < -0.39 is 0 Å². The van der Waals surface area contributed by atoms with Gasteiger partial charge in [-0.2, -0.15) is 0 Å². The third kappa shape index (κ3) is 3.56. The molecule has 0 spiro atoms. The molecule has 2 aromatic carbocycles. The van der Waals surface area contributed by atoms with Crippen molar-refractivity contribution in [2.75, 3.05) is 23.7 Å².